The summed E-state index contributed by atoms with van der Waals surface area (Å²) in [6.45, 7) is 1.22. The number of nitrogens with one attached hydrogen (secondary N) is 3. The van der Waals surface area contributed by atoms with Crippen molar-refractivity contribution in [3.05, 3.63) is 143 Å². The minimum atomic E-state index is -0.644. The number of carbonyl (C=O) groups excluding carboxylic acids is 2. The Morgan fingerprint density at radius 3 is 2.33 bits per heavy atom. The lowest BCUT2D eigenvalue weighted by Gasteiger charge is -2.19. The Morgan fingerprint density at radius 1 is 0.778 bits per heavy atom. The van der Waals surface area contributed by atoms with Crippen LogP contribution in [-0.2, 0) is 11.3 Å². The molecule has 2 amide bonds. The molecule has 0 heterocycles. The molecule has 3 atom stereocenters. The molecule has 228 valence electrons. The Labute approximate surface area is 270 Å². The van der Waals surface area contributed by atoms with Crippen LogP contribution in [0, 0.1) is 0 Å². The molecule has 5 aromatic carbocycles. The number of benzene rings is 5. The van der Waals surface area contributed by atoms with Crippen LogP contribution in [0.4, 0.5) is 0 Å². The van der Waals surface area contributed by atoms with Gasteiger partial charge in [0.2, 0.25) is 5.91 Å². The Morgan fingerprint density at radius 2 is 1.51 bits per heavy atom. The molecule has 1 aliphatic rings. The van der Waals surface area contributed by atoms with Gasteiger partial charge < -0.3 is 16.0 Å². The lowest BCUT2D eigenvalue weighted by atomic mass is 10.0. The number of hydrogen-bond acceptors (Lipinski definition) is 3. The molecule has 1 unspecified atom stereocenters. The highest BCUT2D eigenvalue weighted by Crippen LogP contribution is 2.43. The molecule has 0 aliphatic heterocycles. The first-order valence-electron chi connectivity index (χ1n) is 15.7. The van der Waals surface area contributed by atoms with E-state index in [9.17, 15) is 9.59 Å². The van der Waals surface area contributed by atoms with E-state index >= 15 is 0 Å². The number of carbonyl (C=O) groups is 2. The third kappa shape index (κ3) is 7.99. The summed E-state index contributed by atoms with van der Waals surface area (Å²) in [6.07, 6.45) is 3.41. The highest BCUT2D eigenvalue weighted by atomic mass is 35.5. The molecule has 45 heavy (non-hydrogen) atoms. The van der Waals surface area contributed by atoms with Crippen LogP contribution in [0.1, 0.15) is 53.1 Å². The summed E-state index contributed by atoms with van der Waals surface area (Å²) in [6, 6.07) is 39.9. The molecule has 1 saturated carbocycles. The monoisotopic (exact) mass is 615 g/mol. The Balaban J connectivity index is 1.03. The molecule has 0 aromatic heterocycles. The van der Waals surface area contributed by atoms with Crippen LogP contribution in [0.2, 0.25) is 5.02 Å². The van der Waals surface area contributed by atoms with E-state index in [2.05, 4.69) is 58.4 Å². The van der Waals surface area contributed by atoms with Crippen LogP contribution >= 0.6 is 11.6 Å². The van der Waals surface area contributed by atoms with E-state index in [0.29, 0.717) is 35.5 Å². The maximum absolute atomic E-state index is 13.3. The highest BCUT2D eigenvalue weighted by molar-refractivity contribution is 6.30. The van der Waals surface area contributed by atoms with Crippen LogP contribution in [0.3, 0.4) is 0 Å². The molecule has 0 spiro atoms. The summed E-state index contributed by atoms with van der Waals surface area (Å²) in [5.41, 5.74) is 4.98. The fourth-order valence-corrected chi connectivity index (χ4v) is 6.23. The second kappa shape index (κ2) is 14.6. The van der Waals surface area contributed by atoms with Crippen LogP contribution in [0.5, 0.6) is 0 Å². The second-order valence-corrected chi connectivity index (χ2v) is 12.2. The fraction of sp³-hybridized carbons (Fsp3) is 0.231. The van der Waals surface area contributed by atoms with Crippen LogP contribution in [0.25, 0.3) is 21.9 Å². The number of rotatable bonds is 13. The van der Waals surface area contributed by atoms with E-state index < -0.39 is 6.04 Å². The lowest BCUT2D eigenvalue weighted by molar-refractivity contribution is -0.123. The van der Waals surface area contributed by atoms with Crippen LogP contribution in [0.15, 0.2) is 121 Å². The first-order valence-corrected chi connectivity index (χ1v) is 16.1. The van der Waals surface area contributed by atoms with Gasteiger partial charge in [-0.2, -0.15) is 0 Å². The van der Waals surface area contributed by atoms with Crippen molar-refractivity contribution in [2.45, 2.75) is 50.2 Å². The van der Waals surface area contributed by atoms with Crippen molar-refractivity contribution in [1.82, 2.24) is 16.0 Å². The Hall–Kier alpha value is -4.45. The minimum Gasteiger partial charge on any atom is -0.350 e. The van der Waals surface area contributed by atoms with E-state index in [4.69, 9.17) is 11.6 Å². The molecular weight excluding hydrogens is 578 g/mol. The summed E-state index contributed by atoms with van der Waals surface area (Å²) in [5.74, 6) is 0.0793. The summed E-state index contributed by atoms with van der Waals surface area (Å²) < 4.78 is 0. The smallest absolute Gasteiger partial charge is 0.251 e. The van der Waals surface area contributed by atoms with E-state index in [-0.39, 0.29) is 11.8 Å². The molecular formula is C39H38ClN3O2. The molecule has 5 nitrogen and oxygen atoms in total. The van der Waals surface area contributed by atoms with Crippen molar-refractivity contribution >= 4 is 34.2 Å². The zero-order valence-electron chi connectivity index (χ0n) is 25.2. The third-order valence-corrected chi connectivity index (χ3v) is 8.81. The molecule has 0 radical (unpaired) electrons. The number of amides is 2. The highest BCUT2D eigenvalue weighted by Gasteiger charge is 2.38. The molecule has 1 fully saturated rings. The van der Waals surface area contributed by atoms with Crippen LogP contribution in [-0.4, -0.2) is 30.4 Å². The average Bonchev–Trinajstić information content (AvgIpc) is 3.86. The predicted octanol–water partition coefficient (Wildman–Crippen LogP) is 7.89. The van der Waals surface area contributed by atoms with E-state index in [0.717, 1.165) is 42.5 Å². The molecule has 1 aliphatic carbocycles. The molecule has 5 aromatic rings. The normalized spacial score (nSPS) is 16.2. The van der Waals surface area contributed by atoms with Gasteiger partial charge >= 0.3 is 0 Å². The maximum atomic E-state index is 13.3. The SMILES string of the molecule is O=C(NC(CCCCN[C@@H]1C[C@H]1c1cccc2ccccc12)C(=O)NCc1cccc(Cl)c1)c1ccc(-c2ccccc2)cc1. The first kappa shape index (κ1) is 30.6. The van der Waals surface area contributed by atoms with Gasteiger partial charge in [0.1, 0.15) is 6.04 Å². The molecule has 0 saturated heterocycles. The zero-order chi connectivity index (χ0) is 31.0. The van der Waals surface area contributed by atoms with Crippen molar-refractivity contribution < 1.29 is 9.59 Å². The van der Waals surface area contributed by atoms with Gasteiger partial charge in [0.05, 0.1) is 0 Å². The summed E-state index contributed by atoms with van der Waals surface area (Å²) in [4.78, 5) is 26.6. The Kier molecular flexibility index (Phi) is 9.89. The van der Waals surface area contributed by atoms with Crippen molar-refractivity contribution in [3.63, 3.8) is 0 Å². The van der Waals surface area contributed by atoms with Gasteiger partial charge in [0.25, 0.3) is 5.91 Å². The molecule has 6 heteroatoms. The van der Waals surface area contributed by atoms with Gasteiger partial charge in [-0.25, -0.2) is 0 Å². The topological polar surface area (TPSA) is 70.2 Å². The van der Waals surface area contributed by atoms with Gasteiger partial charge in [-0.05, 0) is 89.5 Å². The average molecular weight is 616 g/mol. The van der Waals surface area contributed by atoms with E-state index in [1.807, 2.05) is 72.8 Å². The van der Waals surface area contributed by atoms with E-state index in [1.165, 1.54) is 16.3 Å². The molecule has 6 rings (SSSR count). The fourth-order valence-electron chi connectivity index (χ4n) is 6.01. The van der Waals surface area contributed by atoms with E-state index in [1.54, 1.807) is 6.07 Å². The first-order chi connectivity index (χ1) is 22.0. The van der Waals surface area contributed by atoms with Gasteiger partial charge in [0, 0.05) is 29.1 Å². The quantitative estimate of drug-likeness (QED) is 0.118. The van der Waals surface area contributed by atoms with Crippen molar-refractivity contribution in [2.24, 2.45) is 0 Å². The minimum absolute atomic E-state index is 0.199. The number of hydrogen-bond donors (Lipinski definition) is 3. The summed E-state index contributed by atoms with van der Waals surface area (Å²) in [7, 11) is 0. The molecule has 3 N–H and O–H groups in total. The van der Waals surface area contributed by atoms with Crippen LogP contribution < -0.4 is 16.0 Å². The van der Waals surface area contributed by atoms with Gasteiger partial charge in [-0.3, -0.25) is 9.59 Å². The van der Waals surface area contributed by atoms with Crippen molar-refractivity contribution in [3.8, 4) is 11.1 Å². The predicted molar refractivity (Wildman–Crippen MR) is 183 cm³/mol. The van der Waals surface area contributed by atoms with Crippen molar-refractivity contribution in [2.75, 3.05) is 6.54 Å². The van der Waals surface area contributed by atoms with Gasteiger partial charge in [-0.15, -0.1) is 0 Å². The Bertz CT molecular complexity index is 1750. The largest absolute Gasteiger partial charge is 0.350 e. The summed E-state index contributed by atoms with van der Waals surface area (Å²) >= 11 is 6.13. The lowest BCUT2D eigenvalue weighted by Crippen LogP contribution is -2.46. The number of halogens is 1. The zero-order valence-corrected chi connectivity index (χ0v) is 26.0. The maximum Gasteiger partial charge on any atom is 0.251 e. The third-order valence-electron chi connectivity index (χ3n) is 8.57. The number of fused-ring (bicyclic) bond motifs is 1. The van der Waals surface area contributed by atoms with Gasteiger partial charge in [0.15, 0.2) is 0 Å². The second-order valence-electron chi connectivity index (χ2n) is 11.8. The van der Waals surface area contributed by atoms with Crippen molar-refractivity contribution in [1.29, 1.82) is 0 Å². The van der Waals surface area contributed by atoms with Gasteiger partial charge in [-0.1, -0.05) is 109 Å². The number of unbranched alkanes of at least 4 members (excludes halogenated alkanes) is 1. The summed E-state index contributed by atoms with van der Waals surface area (Å²) in [5, 5.41) is 13.0. The molecule has 0 bridgehead atoms. The standard InChI is InChI=1S/C39H38ClN3O2/c40-32-15-8-10-27(24-32)26-42-39(45)36(43-38(44)31-21-19-29(20-22-31)28-11-2-1-3-12-28)18-6-7-23-41-37-25-35(37)34-17-9-14-30-13-4-5-16-33(30)34/h1-5,8-17,19-22,24,35-37,41H,6-7,18,23,25-26H2,(H,42,45)(H,43,44)/t35-,36?,37+/m0/s1.